The third-order valence-electron chi connectivity index (χ3n) is 3.72. The number of aldehydes is 1. The zero-order valence-electron chi connectivity index (χ0n) is 12.9. The van der Waals surface area contributed by atoms with E-state index in [0.717, 1.165) is 33.1 Å². The van der Waals surface area contributed by atoms with Gasteiger partial charge in [0.15, 0.2) is 11.2 Å². The summed E-state index contributed by atoms with van der Waals surface area (Å²) < 4.78 is 7.41. The molecule has 0 aliphatic heterocycles. The summed E-state index contributed by atoms with van der Waals surface area (Å²) in [5, 5.41) is 4.08. The van der Waals surface area contributed by atoms with Crippen molar-refractivity contribution in [2.24, 2.45) is 0 Å². The van der Waals surface area contributed by atoms with E-state index in [2.05, 4.69) is 11.1 Å². The molecule has 120 valence electrons. The number of thiophene rings is 1. The van der Waals surface area contributed by atoms with E-state index in [1.54, 1.807) is 22.7 Å². The predicted molar refractivity (Wildman–Crippen MR) is 98.4 cm³/mol. The fourth-order valence-electron chi connectivity index (χ4n) is 2.67. The van der Waals surface area contributed by atoms with Crippen molar-refractivity contribution in [3.05, 3.63) is 52.9 Å². The molecule has 3 aromatic heterocycles. The summed E-state index contributed by atoms with van der Waals surface area (Å²) in [6.45, 7) is 2.58. The molecule has 0 radical (unpaired) electrons. The quantitative estimate of drug-likeness (QED) is 0.474. The second-order valence-corrected chi connectivity index (χ2v) is 6.92. The lowest BCUT2D eigenvalue weighted by Crippen LogP contribution is -1.94. The van der Waals surface area contributed by atoms with E-state index in [0.29, 0.717) is 18.0 Å². The van der Waals surface area contributed by atoms with Crippen molar-refractivity contribution in [1.29, 1.82) is 0 Å². The Hall–Kier alpha value is -2.44. The molecule has 0 unspecified atom stereocenters. The first-order valence-electron chi connectivity index (χ1n) is 7.54. The van der Waals surface area contributed by atoms with Crippen LogP contribution in [0.2, 0.25) is 0 Å². The number of hydrogen-bond donors (Lipinski definition) is 0. The average molecular weight is 354 g/mol. The van der Waals surface area contributed by atoms with Gasteiger partial charge in [-0.15, -0.1) is 22.7 Å². The molecule has 0 bridgehead atoms. The SMILES string of the molecule is CCOc1ccc(-c2nc3scc(-c4cccs4)n3c2C=O)cc1. The molecular formula is C18H14N2O2S2. The summed E-state index contributed by atoms with van der Waals surface area (Å²) in [5.74, 6) is 0.814. The third-order valence-corrected chi connectivity index (χ3v) is 5.44. The summed E-state index contributed by atoms with van der Waals surface area (Å²) in [4.78, 5) is 18.4. The van der Waals surface area contributed by atoms with Crippen molar-refractivity contribution < 1.29 is 9.53 Å². The number of thiazole rings is 1. The van der Waals surface area contributed by atoms with E-state index < -0.39 is 0 Å². The number of carbonyl (C=O) groups excluding carboxylic acids is 1. The normalized spacial score (nSPS) is 11.0. The van der Waals surface area contributed by atoms with Crippen molar-refractivity contribution in [2.75, 3.05) is 6.61 Å². The molecule has 0 atom stereocenters. The lowest BCUT2D eigenvalue weighted by molar-refractivity contribution is 0.111. The van der Waals surface area contributed by atoms with Gasteiger partial charge in [0.05, 0.1) is 17.2 Å². The molecule has 24 heavy (non-hydrogen) atoms. The fourth-order valence-corrected chi connectivity index (χ4v) is 4.38. The van der Waals surface area contributed by atoms with Gasteiger partial charge in [-0.1, -0.05) is 6.07 Å². The van der Waals surface area contributed by atoms with Gasteiger partial charge >= 0.3 is 0 Å². The van der Waals surface area contributed by atoms with Gasteiger partial charge in [-0.3, -0.25) is 9.20 Å². The molecule has 0 aliphatic carbocycles. The number of benzene rings is 1. The summed E-state index contributed by atoms with van der Waals surface area (Å²) in [5.41, 5.74) is 3.21. The largest absolute Gasteiger partial charge is 0.494 e. The van der Waals surface area contributed by atoms with Crippen LogP contribution in [0.25, 0.3) is 26.8 Å². The first kappa shape index (κ1) is 15.1. The molecule has 0 saturated carbocycles. The first-order valence-corrected chi connectivity index (χ1v) is 9.30. The number of fused-ring (bicyclic) bond motifs is 1. The predicted octanol–water partition coefficient (Wildman–Crippen LogP) is 5.00. The van der Waals surface area contributed by atoms with E-state index in [1.165, 1.54) is 0 Å². The van der Waals surface area contributed by atoms with Crippen LogP contribution < -0.4 is 4.74 Å². The first-order chi connectivity index (χ1) is 11.8. The maximum atomic E-state index is 11.8. The van der Waals surface area contributed by atoms with E-state index in [4.69, 9.17) is 4.74 Å². The van der Waals surface area contributed by atoms with E-state index in [-0.39, 0.29) is 0 Å². The van der Waals surface area contributed by atoms with Crippen LogP contribution in [0.5, 0.6) is 5.75 Å². The number of rotatable bonds is 5. The second-order valence-electron chi connectivity index (χ2n) is 5.14. The molecule has 0 saturated heterocycles. The number of imidazole rings is 1. The van der Waals surface area contributed by atoms with Crippen LogP contribution in [-0.2, 0) is 0 Å². The van der Waals surface area contributed by atoms with Crippen LogP contribution in [0.15, 0.2) is 47.2 Å². The Morgan fingerprint density at radius 3 is 2.71 bits per heavy atom. The zero-order valence-corrected chi connectivity index (χ0v) is 14.6. The molecule has 4 aromatic rings. The van der Waals surface area contributed by atoms with Crippen LogP contribution in [0.1, 0.15) is 17.4 Å². The molecule has 4 rings (SSSR count). The van der Waals surface area contributed by atoms with Crippen LogP contribution in [0, 0.1) is 0 Å². The Balaban J connectivity index is 1.86. The van der Waals surface area contributed by atoms with E-state index in [9.17, 15) is 4.79 Å². The molecule has 0 spiro atoms. The topological polar surface area (TPSA) is 43.6 Å². The highest BCUT2D eigenvalue weighted by Gasteiger charge is 2.18. The van der Waals surface area contributed by atoms with Crippen molar-refractivity contribution in [2.45, 2.75) is 6.92 Å². The van der Waals surface area contributed by atoms with Gasteiger partial charge in [0.1, 0.15) is 17.1 Å². The van der Waals surface area contributed by atoms with Crippen LogP contribution in [-0.4, -0.2) is 22.3 Å². The highest BCUT2D eigenvalue weighted by Crippen LogP contribution is 2.34. The molecule has 4 nitrogen and oxygen atoms in total. The summed E-state index contributed by atoms with van der Waals surface area (Å²) in [7, 11) is 0. The van der Waals surface area contributed by atoms with Crippen LogP contribution >= 0.6 is 22.7 Å². The Labute approximate surface area is 147 Å². The average Bonchev–Trinajstić information content (AvgIpc) is 3.31. The van der Waals surface area contributed by atoms with Gasteiger partial charge in [-0.05, 0) is 42.6 Å². The summed E-state index contributed by atoms with van der Waals surface area (Å²) >= 11 is 3.20. The number of carbonyl (C=O) groups is 1. The minimum atomic E-state index is 0.582. The van der Waals surface area contributed by atoms with Crippen LogP contribution in [0.3, 0.4) is 0 Å². The van der Waals surface area contributed by atoms with E-state index in [1.807, 2.05) is 52.4 Å². The lowest BCUT2D eigenvalue weighted by atomic mass is 10.1. The molecule has 0 amide bonds. The van der Waals surface area contributed by atoms with Gasteiger partial charge in [-0.25, -0.2) is 4.98 Å². The molecule has 3 heterocycles. The molecule has 6 heteroatoms. The molecule has 0 fully saturated rings. The third kappa shape index (κ3) is 2.44. The molecule has 0 aliphatic rings. The van der Waals surface area contributed by atoms with Gasteiger partial charge < -0.3 is 4.74 Å². The van der Waals surface area contributed by atoms with Gasteiger partial charge in [0, 0.05) is 10.9 Å². The Morgan fingerprint density at radius 1 is 1.21 bits per heavy atom. The fraction of sp³-hybridized carbons (Fsp3) is 0.111. The van der Waals surface area contributed by atoms with Crippen molar-refractivity contribution in [3.8, 4) is 27.6 Å². The van der Waals surface area contributed by atoms with Gasteiger partial charge in [0.2, 0.25) is 0 Å². The maximum Gasteiger partial charge on any atom is 0.195 e. The second kappa shape index (κ2) is 6.22. The minimum absolute atomic E-state index is 0.582. The number of hydrogen-bond acceptors (Lipinski definition) is 5. The standard InChI is InChI=1S/C18H14N2O2S2/c1-2-22-13-7-5-12(6-8-13)17-14(10-21)20-15(11-24-18(20)19-17)16-4-3-9-23-16/h3-11H,2H2,1H3. The zero-order chi connectivity index (χ0) is 16.5. The monoisotopic (exact) mass is 354 g/mol. The molecular weight excluding hydrogens is 340 g/mol. The molecule has 0 N–H and O–H groups in total. The van der Waals surface area contributed by atoms with Gasteiger partial charge in [-0.2, -0.15) is 0 Å². The molecule has 1 aromatic carbocycles. The Morgan fingerprint density at radius 2 is 2.04 bits per heavy atom. The highest BCUT2D eigenvalue weighted by atomic mass is 32.1. The Bertz CT molecular complexity index is 982. The van der Waals surface area contributed by atoms with Crippen molar-refractivity contribution >= 4 is 33.9 Å². The number of ether oxygens (including phenoxy) is 1. The smallest absolute Gasteiger partial charge is 0.195 e. The highest BCUT2D eigenvalue weighted by molar-refractivity contribution is 7.17. The van der Waals surface area contributed by atoms with Crippen molar-refractivity contribution in [1.82, 2.24) is 9.38 Å². The maximum absolute atomic E-state index is 11.8. The summed E-state index contributed by atoms with van der Waals surface area (Å²) in [6.07, 6.45) is 0.885. The summed E-state index contributed by atoms with van der Waals surface area (Å²) in [6, 6.07) is 11.7. The lowest BCUT2D eigenvalue weighted by Gasteiger charge is -2.04. The number of nitrogens with zero attached hydrogens (tertiary/aromatic N) is 2. The number of aromatic nitrogens is 2. The van der Waals surface area contributed by atoms with Gasteiger partial charge in [0.25, 0.3) is 0 Å². The Kier molecular flexibility index (Phi) is 3.92. The minimum Gasteiger partial charge on any atom is -0.494 e. The van der Waals surface area contributed by atoms with Crippen molar-refractivity contribution in [3.63, 3.8) is 0 Å². The van der Waals surface area contributed by atoms with Crippen LogP contribution in [0.4, 0.5) is 0 Å². The van der Waals surface area contributed by atoms with E-state index >= 15 is 0 Å².